The van der Waals surface area contributed by atoms with Gasteiger partial charge < -0.3 is 14.4 Å². The molecule has 8 nitrogen and oxygen atoms in total. The summed E-state index contributed by atoms with van der Waals surface area (Å²) in [5.41, 5.74) is 2.01. The van der Waals surface area contributed by atoms with Gasteiger partial charge in [-0.3, -0.25) is 4.79 Å². The zero-order chi connectivity index (χ0) is 19.9. The number of carbonyl (C=O) groups is 2. The van der Waals surface area contributed by atoms with Crippen molar-refractivity contribution in [1.29, 1.82) is 0 Å². The van der Waals surface area contributed by atoms with Crippen molar-refractivity contribution in [1.82, 2.24) is 19.7 Å². The highest BCUT2D eigenvalue weighted by molar-refractivity contribution is 6.05. The molecule has 0 aliphatic heterocycles. The Balaban J connectivity index is 1.93. The second kappa shape index (κ2) is 6.86. The van der Waals surface area contributed by atoms with Crippen LogP contribution in [0.3, 0.4) is 0 Å². The molecule has 0 unspecified atom stereocenters. The van der Waals surface area contributed by atoms with E-state index in [0.29, 0.717) is 28.1 Å². The van der Waals surface area contributed by atoms with Gasteiger partial charge in [-0.25, -0.2) is 14.5 Å². The van der Waals surface area contributed by atoms with Gasteiger partial charge >= 0.3 is 5.97 Å². The van der Waals surface area contributed by atoms with Crippen LogP contribution in [-0.2, 0) is 6.54 Å². The normalized spacial score (nSPS) is 11.3. The van der Waals surface area contributed by atoms with Crippen molar-refractivity contribution in [3.05, 3.63) is 46.7 Å². The SMILES string of the molecule is Cc1cc(C(=O)N(C)Cc2cc(C(=O)O)c(C)o2)c2cnn(C(C)C)c2n1. The molecule has 3 aromatic rings. The van der Waals surface area contributed by atoms with E-state index in [4.69, 9.17) is 9.52 Å². The van der Waals surface area contributed by atoms with Crippen molar-refractivity contribution in [3.63, 3.8) is 0 Å². The fourth-order valence-electron chi connectivity index (χ4n) is 3.04. The summed E-state index contributed by atoms with van der Waals surface area (Å²) >= 11 is 0. The molecule has 0 radical (unpaired) electrons. The van der Waals surface area contributed by atoms with Gasteiger partial charge in [-0.05, 0) is 39.8 Å². The Bertz CT molecular complexity index is 1030. The Hall–Kier alpha value is -3.16. The molecule has 3 rings (SSSR count). The summed E-state index contributed by atoms with van der Waals surface area (Å²) in [5.74, 6) is -0.525. The number of carbonyl (C=O) groups excluding carboxylic acids is 1. The standard InChI is InChI=1S/C19H22N4O4/c1-10(2)23-17-16(8-20-23)15(6-11(3)21-17)18(24)22(5)9-13-7-14(19(25)26)12(4)27-13/h6-8,10H,9H2,1-5H3,(H,25,26). The molecular weight excluding hydrogens is 348 g/mol. The van der Waals surface area contributed by atoms with Crippen molar-refractivity contribution < 1.29 is 19.1 Å². The summed E-state index contributed by atoms with van der Waals surface area (Å²) in [6.07, 6.45) is 1.66. The van der Waals surface area contributed by atoms with Crippen LogP contribution in [0.2, 0.25) is 0 Å². The first-order chi connectivity index (χ1) is 12.7. The fraction of sp³-hybridized carbons (Fsp3) is 0.368. The van der Waals surface area contributed by atoms with Gasteiger partial charge in [0.1, 0.15) is 17.1 Å². The Morgan fingerprint density at radius 2 is 1.96 bits per heavy atom. The van der Waals surface area contributed by atoms with Crippen molar-refractivity contribution in [3.8, 4) is 0 Å². The molecule has 3 aromatic heterocycles. The highest BCUT2D eigenvalue weighted by atomic mass is 16.4. The molecule has 0 atom stereocenters. The maximum atomic E-state index is 13.0. The van der Waals surface area contributed by atoms with Crippen LogP contribution in [0.15, 0.2) is 22.7 Å². The number of hydrogen-bond donors (Lipinski definition) is 1. The third kappa shape index (κ3) is 3.42. The van der Waals surface area contributed by atoms with Gasteiger partial charge in [-0.2, -0.15) is 5.10 Å². The van der Waals surface area contributed by atoms with Crippen LogP contribution in [0.5, 0.6) is 0 Å². The molecule has 27 heavy (non-hydrogen) atoms. The van der Waals surface area contributed by atoms with Gasteiger partial charge in [0.05, 0.1) is 23.7 Å². The highest BCUT2D eigenvalue weighted by Gasteiger charge is 2.21. The number of aryl methyl sites for hydroxylation is 2. The number of furan rings is 1. The lowest BCUT2D eigenvalue weighted by Gasteiger charge is -2.17. The van der Waals surface area contributed by atoms with Crippen LogP contribution in [0.1, 0.15) is 57.8 Å². The minimum atomic E-state index is -1.05. The lowest BCUT2D eigenvalue weighted by molar-refractivity contribution is 0.0694. The summed E-state index contributed by atoms with van der Waals surface area (Å²) in [6, 6.07) is 3.31. The van der Waals surface area contributed by atoms with Crippen molar-refractivity contribution in [2.24, 2.45) is 0 Å². The minimum Gasteiger partial charge on any atom is -0.478 e. The Kier molecular flexibility index (Phi) is 4.73. The molecule has 1 N–H and O–H groups in total. The molecule has 0 bridgehead atoms. The van der Waals surface area contributed by atoms with Gasteiger partial charge in [-0.1, -0.05) is 0 Å². The number of amides is 1. The van der Waals surface area contributed by atoms with Gasteiger partial charge in [-0.15, -0.1) is 0 Å². The van der Waals surface area contributed by atoms with Crippen LogP contribution in [-0.4, -0.2) is 43.7 Å². The topological polar surface area (TPSA) is 101 Å². The van der Waals surface area contributed by atoms with Crippen LogP contribution >= 0.6 is 0 Å². The van der Waals surface area contributed by atoms with E-state index in [1.165, 1.54) is 11.0 Å². The van der Waals surface area contributed by atoms with Crippen molar-refractivity contribution in [2.45, 2.75) is 40.3 Å². The van der Waals surface area contributed by atoms with Gasteiger partial charge in [0.15, 0.2) is 5.65 Å². The first kappa shape index (κ1) is 18.6. The van der Waals surface area contributed by atoms with Crippen molar-refractivity contribution >= 4 is 22.9 Å². The van der Waals surface area contributed by atoms with E-state index in [2.05, 4.69) is 10.1 Å². The number of aromatic nitrogens is 3. The van der Waals surface area contributed by atoms with Crippen molar-refractivity contribution in [2.75, 3.05) is 7.05 Å². The van der Waals surface area contributed by atoms with E-state index in [9.17, 15) is 9.59 Å². The van der Waals surface area contributed by atoms with E-state index >= 15 is 0 Å². The molecule has 0 saturated heterocycles. The second-order valence-electron chi connectivity index (χ2n) is 6.88. The smallest absolute Gasteiger partial charge is 0.339 e. The van der Waals surface area contributed by atoms with Crippen LogP contribution in [0.25, 0.3) is 11.0 Å². The molecule has 0 fully saturated rings. The van der Waals surface area contributed by atoms with Crippen LogP contribution < -0.4 is 0 Å². The third-order valence-electron chi connectivity index (χ3n) is 4.35. The molecule has 1 amide bonds. The molecule has 3 heterocycles. The molecule has 0 saturated carbocycles. The predicted molar refractivity (Wildman–Crippen MR) is 98.9 cm³/mol. The first-order valence-corrected chi connectivity index (χ1v) is 8.62. The number of carboxylic acid groups (broad SMARTS) is 1. The maximum absolute atomic E-state index is 13.0. The number of rotatable bonds is 5. The lowest BCUT2D eigenvalue weighted by atomic mass is 10.1. The van der Waals surface area contributed by atoms with Gasteiger partial charge in [0.25, 0.3) is 5.91 Å². The van der Waals surface area contributed by atoms with E-state index in [1.54, 1.807) is 30.9 Å². The molecule has 0 aromatic carbocycles. The monoisotopic (exact) mass is 370 g/mol. The average molecular weight is 370 g/mol. The largest absolute Gasteiger partial charge is 0.478 e. The summed E-state index contributed by atoms with van der Waals surface area (Å²) in [5, 5.41) is 14.2. The van der Waals surface area contributed by atoms with E-state index in [-0.39, 0.29) is 24.1 Å². The number of fused-ring (bicyclic) bond motifs is 1. The third-order valence-corrected chi connectivity index (χ3v) is 4.35. The van der Waals surface area contributed by atoms with Gasteiger partial charge in [0.2, 0.25) is 0 Å². The Labute approximate surface area is 156 Å². The zero-order valence-electron chi connectivity index (χ0n) is 16.0. The quantitative estimate of drug-likeness (QED) is 0.740. The highest BCUT2D eigenvalue weighted by Crippen LogP contribution is 2.23. The molecule has 0 aliphatic rings. The molecular formula is C19H22N4O4. The fourth-order valence-corrected chi connectivity index (χ4v) is 3.04. The van der Waals surface area contributed by atoms with E-state index in [0.717, 1.165) is 5.69 Å². The summed E-state index contributed by atoms with van der Waals surface area (Å²) in [4.78, 5) is 30.2. The zero-order valence-corrected chi connectivity index (χ0v) is 16.0. The maximum Gasteiger partial charge on any atom is 0.339 e. The number of nitrogens with zero attached hydrogens (tertiary/aromatic N) is 4. The first-order valence-electron chi connectivity index (χ1n) is 8.62. The summed E-state index contributed by atoms with van der Waals surface area (Å²) in [6.45, 7) is 7.59. The Morgan fingerprint density at radius 3 is 2.56 bits per heavy atom. The van der Waals surface area contributed by atoms with Crippen LogP contribution in [0.4, 0.5) is 0 Å². The molecule has 0 aliphatic carbocycles. The summed E-state index contributed by atoms with van der Waals surface area (Å²) in [7, 11) is 1.65. The average Bonchev–Trinajstić information content (AvgIpc) is 3.16. The summed E-state index contributed by atoms with van der Waals surface area (Å²) < 4.78 is 7.26. The number of carboxylic acids is 1. The molecule has 0 spiro atoms. The lowest BCUT2D eigenvalue weighted by Crippen LogP contribution is -2.26. The molecule has 142 valence electrons. The predicted octanol–water partition coefficient (Wildman–Crippen LogP) is 3.19. The Morgan fingerprint density at radius 1 is 1.26 bits per heavy atom. The van der Waals surface area contributed by atoms with Gasteiger partial charge in [0, 0.05) is 18.8 Å². The van der Waals surface area contributed by atoms with Crippen LogP contribution in [0, 0.1) is 13.8 Å². The second-order valence-corrected chi connectivity index (χ2v) is 6.88. The number of pyridine rings is 1. The van der Waals surface area contributed by atoms with E-state index < -0.39 is 5.97 Å². The van der Waals surface area contributed by atoms with E-state index in [1.807, 2.05) is 20.8 Å². The molecule has 8 heteroatoms. The number of aromatic carboxylic acids is 1. The number of hydrogen-bond acceptors (Lipinski definition) is 5. The minimum absolute atomic E-state index is 0.103.